The first-order chi connectivity index (χ1) is 12.4. The number of rotatable bonds is 4. The Labute approximate surface area is 155 Å². The summed E-state index contributed by atoms with van der Waals surface area (Å²) in [6.07, 6.45) is 4.91. The largest absolute Gasteiger partial charge is 0.356 e. The fourth-order valence-corrected chi connectivity index (χ4v) is 3.36. The summed E-state index contributed by atoms with van der Waals surface area (Å²) in [5.74, 6) is 1.40. The molecule has 3 rings (SSSR count). The standard InChI is InChI=1S/C21H28N4O/c1-21(2,3)24-20(26)18-14-19(23-15-22-18)25-11-9-17(10-12-25)13-16-7-5-4-6-8-16/h4-8,14-15,17H,9-13H2,1-3H3,(H,24,26). The van der Waals surface area contributed by atoms with Gasteiger partial charge in [0.2, 0.25) is 0 Å². The van der Waals surface area contributed by atoms with Crippen LogP contribution in [0.1, 0.15) is 49.7 Å². The molecule has 0 aliphatic carbocycles. The van der Waals surface area contributed by atoms with Gasteiger partial charge in [0.1, 0.15) is 17.8 Å². The van der Waals surface area contributed by atoms with Gasteiger partial charge in [-0.3, -0.25) is 4.79 Å². The van der Waals surface area contributed by atoms with E-state index in [1.165, 1.54) is 11.9 Å². The minimum Gasteiger partial charge on any atom is -0.356 e. The van der Waals surface area contributed by atoms with E-state index in [4.69, 9.17) is 0 Å². The lowest BCUT2D eigenvalue weighted by atomic mass is 9.90. The Hall–Kier alpha value is -2.43. The maximum atomic E-state index is 12.3. The summed E-state index contributed by atoms with van der Waals surface area (Å²) < 4.78 is 0. The monoisotopic (exact) mass is 352 g/mol. The zero-order valence-electron chi connectivity index (χ0n) is 15.9. The van der Waals surface area contributed by atoms with Crippen LogP contribution in [0.4, 0.5) is 5.82 Å². The molecule has 1 aliphatic heterocycles. The van der Waals surface area contributed by atoms with Gasteiger partial charge in [-0.1, -0.05) is 30.3 Å². The van der Waals surface area contributed by atoms with Gasteiger partial charge in [-0.15, -0.1) is 0 Å². The van der Waals surface area contributed by atoms with Gasteiger partial charge in [-0.2, -0.15) is 0 Å². The van der Waals surface area contributed by atoms with Crippen molar-refractivity contribution in [2.24, 2.45) is 5.92 Å². The lowest BCUT2D eigenvalue weighted by Gasteiger charge is -2.33. The third-order valence-corrected chi connectivity index (χ3v) is 4.68. The Kier molecular flexibility index (Phi) is 5.55. The highest BCUT2D eigenvalue weighted by Crippen LogP contribution is 2.24. The van der Waals surface area contributed by atoms with E-state index in [9.17, 15) is 4.79 Å². The zero-order chi connectivity index (χ0) is 18.6. The number of carbonyl (C=O) groups excluding carboxylic acids is 1. The Bertz CT molecular complexity index is 731. The second kappa shape index (κ2) is 7.85. The third kappa shape index (κ3) is 5.04. The molecule has 1 fully saturated rings. The molecule has 0 unspecified atom stereocenters. The van der Waals surface area contributed by atoms with E-state index in [2.05, 4.69) is 50.5 Å². The molecule has 5 heteroatoms. The Balaban J connectivity index is 1.59. The molecular formula is C21H28N4O. The predicted molar refractivity (Wildman–Crippen MR) is 104 cm³/mol. The summed E-state index contributed by atoms with van der Waals surface area (Å²) >= 11 is 0. The number of nitrogens with one attached hydrogen (secondary N) is 1. The van der Waals surface area contributed by atoms with E-state index < -0.39 is 0 Å². The first-order valence-electron chi connectivity index (χ1n) is 9.34. The second-order valence-electron chi connectivity index (χ2n) is 8.09. The zero-order valence-corrected chi connectivity index (χ0v) is 15.9. The van der Waals surface area contributed by atoms with Crippen molar-refractivity contribution in [1.82, 2.24) is 15.3 Å². The Morgan fingerprint density at radius 1 is 1.15 bits per heavy atom. The molecule has 26 heavy (non-hydrogen) atoms. The molecular weight excluding hydrogens is 324 g/mol. The van der Waals surface area contributed by atoms with Crippen LogP contribution in [-0.4, -0.2) is 34.5 Å². The lowest BCUT2D eigenvalue weighted by Crippen LogP contribution is -2.41. The second-order valence-corrected chi connectivity index (χ2v) is 8.09. The van der Waals surface area contributed by atoms with Gasteiger partial charge in [-0.05, 0) is 51.5 Å². The highest BCUT2D eigenvalue weighted by atomic mass is 16.2. The SMILES string of the molecule is CC(C)(C)NC(=O)c1cc(N2CCC(Cc3ccccc3)CC2)ncn1. The van der Waals surface area contributed by atoms with Crippen LogP contribution in [0.5, 0.6) is 0 Å². The highest BCUT2D eigenvalue weighted by Gasteiger charge is 2.22. The molecule has 1 saturated heterocycles. The average molecular weight is 352 g/mol. The quantitative estimate of drug-likeness (QED) is 0.915. The summed E-state index contributed by atoms with van der Waals surface area (Å²) in [7, 11) is 0. The molecule has 0 bridgehead atoms. The van der Waals surface area contributed by atoms with Gasteiger partial charge in [0.15, 0.2) is 0 Å². The molecule has 0 radical (unpaired) electrons. The normalized spacial score (nSPS) is 15.7. The van der Waals surface area contributed by atoms with Crippen molar-refractivity contribution in [3.8, 4) is 0 Å². The maximum absolute atomic E-state index is 12.3. The molecule has 2 aromatic rings. The number of amides is 1. The lowest BCUT2D eigenvalue weighted by molar-refractivity contribution is 0.0914. The van der Waals surface area contributed by atoms with Crippen LogP contribution >= 0.6 is 0 Å². The fourth-order valence-electron chi connectivity index (χ4n) is 3.36. The van der Waals surface area contributed by atoms with E-state index >= 15 is 0 Å². The van der Waals surface area contributed by atoms with Crippen LogP contribution in [0.15, 0.2) is 42.7 Å². The summed E-state index contributed by atoms with van der Waals surface area (Å²) in [5, 5.41) is 2.95. The topological polar surface area (TPSA) is 58.1 Å². The molecule has 1 aromatic heterocycles. The van der Waals surface area contributed by atoms with Crippen LogP contribution in [-0.2, 0) is 6.42 Å². The van der Waals surface area contributed by atoms with Gasteiger partial charge >= 0.3 is 0 Å². The van der Waals surface area contributed by atoms with Crippen molar-refractivity contribution in [2.45, 2.75) is 45.6 Å². The summed E-state index contributed by atoms with van der Waals surface area (Å²) in [4.78, 5) is 23.1. The first-order valence-corrected chi connectivity index (χ1v) is 9.34. The van der Waals surface area contributed by atoms with Crippen molar-refractivity contribution >= 4 is 11.7 Å². The van der Waals surface area contributed by atoms with Crippen molar-refractivity contribution in [2.75, 3.05) is 18.0 Å². The van der Waals surface area contributed by atoms with E-state index in [-0.39, 0.29) is 11.4 Å². The van der Waals surface area contributed by atoms with E-state index in [0.717, 1.165) is 38.2 Å². The van der Waals surface area contributed by atoms with Gasteiger partial charge in [0.05, 0.1) is 0 Å². The molecule has 0 spiro atoms. The average Bonchev–Trinajstić information content (AvgIpc) is 2.62. The van der Waals surface area contributed by atoms with Crippen molar-refractivity contribution in [3.05, 3.63) is 54.0 Å². The number of hydrogen-bond acceptors (Lipinski definition) is 4. The molecule has 1 N–H and O–H groups in total. The third-order valence-electron chi connectivity index (χ3n) is 4.68. The molecule has 138 valence electrons. The van der Waals surface area contributed by atoms with Crippen LogP contribution in [0.25, 0.3) is 0 Å². The van der Waals surface area contributed by atoms with Crippen molar-refractivity contribution in [3.63, 3.8) is 0 Å². The molecule has 1 amide bonds. The molecule has 0 atom stereocenters. The molecule has 2 heterocycles. The molecule has 1 aliphatic rings. The maximum Gasteiger partial charge on any atom is 0.270 e. The first kappa shape index (κ1) is 18.4. The number of nitrogens with zero attached hydrogens (tertiary/aromatic N) is 3. The Morgan fingerprint density at radius 3 is 2.50 bits per heavy atom. The number of benzene rings is 1. The van der Waals surface area contributed by atoms with Crippen LogP contribution < -0.4 is 10.2 Å². The van der Waals surface area contributed by atoms with Crippen LogP contribution in [0.2, 0.25) is 0 Å². The number of piperidine rings is 1. The fraction of sp³-hybridized carbons (Fsp3) is 0.476. The van der Waals surface area contributed by atoms with E-state index in [1.54, 1.807) is 6.07 Å². The number of carbonyl (C=O) groups is 1. The summed E-state index contributed by atoms with van der Waals surface area (Å²) in [5.41, 5.74) is 1.56. The smallest absolute Gasteiger partial charge is 0.270 e. The van der Waals surface area contributed by atoms with Crippen molar-refractivity contribution < 1.29 is 4.79 Å². The van der Waals surface area contributed by atoms with Gasteiger partial charge in [0.25, 0.3) is 5.91 Å². The van der Waals surface area contributed by atoms with E-state index in [0.29, 0.717) is 11.6 Å². The minimum atomic E-state index is -0.280. The molecule has 5 nitrogen and oxygen atoms in total. The van der Waals surface area contributed by atoms with E-state index in [1.807, 2.05) is 20.8 Å². The van der Waals surface area contributed by atoms with Crippen LogP contribution in [0, 0.1) is 5.92 Å². The van der Waals surface area contributed by atoms with Crippen LogP contribution in [0.3, 0.4) is 0 Å². The highest BCUT2D eigenvalue weighted by molar-refractivity contribution is 5.93. The summed E-state index contributed by atoms with van der Waals surface area (Å²) in [6.45, 7) is 7.82. The van der Waals surface area contributed by atoms with Gasteiger partial charge in [-0.25, -0.2) is 9.97 Å². The minimum absolute atomic E-state index is 0.153. The number of aromatic nitrogens is 2. The van der Waals surface area contributed by atoms with Gasteiger partial charge < -0.3 is 10.2 Å². The summed E-state index contributed by atoms with van der Waals surface area (Å²) in [6, 6.07) is 12.5. The number of anilines is 1. The predicted octanol–water partition coefficient (Wildman–Crippen LogP) is 3.46. The van der Waals surface area contributed by atoms with Crippen molar-refractivity contribution in [1.29, 1.82) is 0 Å². The van der Waals surface area contributed by atoms with Gasteiger partial charge in [0, 0.05) is 24.7 Å². The molecule has 0 saturated carbocycles. The Morgan fingerprint density at radius 2 is 1.85 bits per heavy atom. The number of hydrogen-bond donors (Lipinski definition) is 1. The molecule has 1 aromatic carbocycles.